The fraction of sp³-hybridized carbons (Fsp3) is 0.125. The average molecular weight is 473 g/mol. The molecule has 0 spiro atoms. The molecule has 0 bridgehead atoms. The number of anilines is 1. The van der Waals surface area contributed by atoms with Crippen molar-refractivity contribution in [2.75, 3.05) is 5.32 Å². The second-order valence-electron chi connectivity index (χ2n) is 7.57. The van der Waals surface area contributed by atoms with Crippen LogP contribution in [-0.4, -0.2) is 30.8 Å². The molecule has 0 aliphatic carbocycles. The van der Waals surface area contributed by atoms with Gasteiger partial charge in [-0.15, -0.1) is 10.2 Å². The highest BCUT2D eigenvalue weighted by atomic mass is 32.1. The summed E-state index contributed by atoms with van der Waals surface area (Å²) in [6.45, 7) is 4.01. The molecule has 0 unspecified atom stereocenters. The minimum atomic E-state index is -0.251. The molecule has 2 N–H and O–H groups in total. The molecule has 0 atom stereocenters. The quantitative estimate of drug-likeness (QED) is 0.358. The molecular weight excluding hydrogens is 452 g/mol. The fourth-order valence-corrected chi connectivity index (χ4v) is 4.65. The summed E-state index contributed by atoms with van der Waals surface area (Å²) in [4.78, 5) is 13.4. The van der Waals surface area contributed by atoms with Crippen LogP contribution in [0.4, 0.5) is 5.69 Å². The number of amides is 1. The average Bonchev–Trinajstić information content (AvgIpc) is 3.41. The number of thiocarbonyl (C=S) groups is 1. The maximum atomic E-state index is 12.7. The van der Waals surface area contributed by atoms with Crippen molar-refractivity contribution < 1.29 is 4.79 Å². The Morgan fingerprint density at radius 1 is 1.06 bits per heavy atom. The molecule has 0 aliphatic heterocycles. The molecule has 2 aromatic heterocycles. The first-order chi connectivity index (χ1) is 16.0. The summed E-state index contributed by atoms with van der Waals surface area (Å²) < 4.78 is 1.79. The van der Waals surface area contributed by atoms with Crippen LogP contribution in [0.2, 0.25) is 0 Å². The number of nitrogens with zero attached hydrogens (tertiary/aromatic N) is 4. The third-order valence-corrected chi connectivity index (χ3v) is 6.48. The number of rotatable bonds is 4. The Morgan fingerprint density at radius 2 is 1.88 bits per heavy atom. The minimum absolute atomic E-state index is 0.246. The van der Waals surface area contributed by atoms with E-state index in [0.717, 1.165) is 49.8 Å². The van der Waals surface area contributed by atoms with Crippen molar-refractivity contribution in [3.05, 3.63) is 77.6 Å². The molecule has 3 aromatic carbocycles. The first-order valence-electron chi connectivity index (χ1n) is 10.4. The van der Waals surface area contributed by atoms with Gasteiger partial charge in [0.1, 0.15) is 5.01 Å². The summed E-state index contributed by atoms with van der Waals surface area (Å²) in [5.74, 6) is 0.592. The van der Waals surface area contributed by atoms with Crippen LogP contribution < -0.4 is 10.6 Å². The Labute approximate surface area is 199 Å². The summed E-state index contributed by atoms with van der Waals surface area (Å²) in [5, 5.41) is 22.1. The predicted octanol–water partition coefficient (Wildman–Crippen LogP) is 5.00. The van der Waals surface area contributed by atoms with E-state index in [1.165, 1.54) is 11.3 Å². The van der Waals surface area contributed by atoms with E-state index in [0.29, 0.717) is 5.56 Å². The Balaban J connectivity index is 1.29. The minimum Gasteiger partial charge on any atom is -0.332 e. The van der Waals surface area contributed by atoms with Gasteiger partial charge in [-0.1, -0.05) is 48.6 Å². The Kier molecular flexibility index (Phi) is 5.57. The highest BCUT2D eigenvalue weighted by Crippen LogP contribution is 2.28. The van der Waals surface area contributed by atoms with Crippen LogP contribution in [0.5, 0.6) is 0 Å². The molecule has 0 aliphatic rings. The van der Waals surface area contributed by atoms with E-state index in [9.17, 15) is 4.79 Å². The molecule has 2 heterocycles. The highest BCUT2D eigenvalue weighted by Gasteiger charge is 2.14. The van der Waals surface area contributed by atoms with Gasteiger partial charge in [0.25, 0.3) is 5.91 Å². The van der Waals surface area contributed by atoms with Gasteiger partial charge in [-0.25, -0.2) is 0 Å². The van der Waals surface area contributed by atoms with Gasteiger partial charge in [-0.2, -0.15) is 9.61 Å². The summed E-state index contributed by atoms with van der Waals surface area (Å²) in [6.07, 6.45) is 0.772. The number of carbonyl (C=O) groups is 1. The van der Waals surface area contributed by atoms with E-state index >= 15 is 0 Å². The number of carbonyl (C=O) groups excluding carboxylic acids is 1. The van der Waals surface area contributed by atoms with E-state index in [1.807, 2.05) is 68.4 Å². The Bertz CT molecular complexity index is 1520. The number of hydrogen-bond donors (Lipinski definition) is 2. The topological polar surface area (TPSA) is 84.2 Å². The van der Waals surface area contributed by atoms with E-state index in [1.54, 1.807) is 10.6 Å². The van der Waals surface area contributed by atoms with Crippen LogP contribution in [0.1, 0.15) is 28.7 Å². The molecule has 0 saturated heterocycles. The van der Waals surface area contributed by atoms with Crippen molar-refractivity contribution in [1.82, 2.24) is 25.1 Å². The normalized spacial score (nSPS) is 11.1. The van der Waals surface area contributed by atoms with Gasteiger partial charge in [0, 0.05) is 23.2 Å². The first-order valence-corrected chi connectivity index (χ1v) is 11.7. The lowest BCUT2D eigenvalue weighted by atomic mass is 10.1. The highest BCUT2D eigenvalue weighted by molar-refractivity contribution is 7.80. The van der Waals surface area contributed by atoms with Gasteiger partial charge in [0.15, 0.2) is 10.9 Å². The SMILES string of the molecule is CCc1nnc2sc(-c3ccc(NC(=S)NC(=O)c4ccc5ccccc5c4)c(C)c3)nn12. The van der Waals surface area contributed by atoms with E-state index in [-0.39, 0.29) is 11.0 Å². The lowest BCUT2D eigenvalue weighted by molar-refractivity contribution is 0.0978. The van der Waals surface area contributed by atoms with Crippen molar-refractivity contribution in [1.29, 1.82) is 0 Å². The number of benzene rings is 3. The third kappa shape index (κ3) is 4.20. The van der Waals surface area contributed by atoms with Crippen molar-refractivity contribution in [3.8, 4) is 10.6 Å². The standard InChI is InChI=1S/C24H20N6OS2/c1-3-20-27-28-24-30(20)29-22(33-24)18-10-11-19(14(2)12-18)25-23(32)26-21(31)17-9-8-15-6-4-5-7-16(15)13-17/h4-13H,3H2,1-2H3,(H2,25,26,31,32). The van der Waals surface area contributed by atoms with Crippen LogP contribution in [0.3, 0.4) is 0 Å². The van der Waals surface area contributed by atoms with Gasteiger partial charge < -0.3 is 5.32 Å². The van der Waals surface area contributed by atoms with Crippen molar-refractivity contribution in [2.45, 2.75) is 20.3 Å². The molecule has 5 aromatic rings. The van der Waals surface area contributed by atoms with Crippen molar-refractivity contribution in [3.63, 3.8) is 0 Å². The number of hydrogen-bond acceptors (Lipinski definition) is 6. The van der Waals surface area contributed by atoms with Gasteiger partial charge in [-0.05, 0) is 65.8 Å². The molecule has 9 heteroatoms. The Morgan fingerprint density at radius 3 is 2.67 bits per heavy atom. The number of aromatic nitrogens is 4. The van der Waals surface area contributed by atoms with Crippen molar-refractivity contribution >= 4 is 56.0 Å². The molecule has 0 fully saturated rings. The Hall–Kier alpha value is -3.69. The zero-order chi connectivity index (χ0) is 22.9. The number of aryl methyl sites for hydroxylation is 2. The van der Waals surface area contributed by atoms with Gasteiger partial charge >= 0.3 is 0 Å². The van der Waals surface area contributed by atoms with Crippen LogP contribution in [-0.2, 0) is 6.42 Å². The predicted molar refractivity (Wildman–Crippen MR) is 136 cm³/mol. The monoisotopic (exact) mass is 472 g/mol. The van der Waals surface area contributed by atoms with Gasteiger partial charge in [0.2, 0.25) is 4.96 Å². The molecular formula is C24H20N6OS2. The zero-order valence-electron chi connectivity index (χ0n) is 18.0. The van der Waals surface area contributed by atoms with E-state index in [4.69, 9.17) is 12.2 Å². The lowest BCUT2D eigenvalue weighted by Crippen LogP contribution is -2.34. The second-order valence-corrected chi connectivity index (χ2v) is 8.94. The van der Waals surface area contributed by atoms with Crippen LogP contribution in [0, 0.1) is 6.92 Å². The van der Waals surface area contributed by atoms with Crippen LogP contribution in [0.15, 0.2) is 60.7 Å². The summed E-state index contributed by atoms with van der Waals surface area (Å²) in [6, 6.07) is 19.4. The molecule has 7 nitrogen and oxygen atoms in total. The first kappa shape index (κ1) is 21.2. The maximum absolute atomic E-state index is 12.7. The van der Waals surface area contributed by atoms with E-state index < -0.39 is 0 Å². The molecule has 164 valence electrons. The zero-order valence-corrected chi connectivity index (χ0v) is 19.6. The van der Waals surface area contributed by atoms with E-state index in [2.05, 4.69) is 25.9 Å². The maximum Gasteiger partial charge on any atom is 0.257 e. The molecule has 33 heavy (non-hydrogen) atoms. The molecule has 0 saturated carbocycles. The molecule has 1 amide bonds. The summed E-state index contributed by atoms with van der Waals surface area (Å²) >= 11 is 6.88. The largest absolute Gasteiger partial charge is 0.332 e. The smallest absolute Gasteiger partial charge is 0.257 e. The number of nitrogens with one attached hydrogen (secondary N) is 2. The summed E-state index contributed by atoms with van der Waals surface area (Å²) in [7, 11) is 0. The second kappa shape index (κ2) is 8.68. The molecule has 5 rings (SSSR count). The van der Waals surface area contributed by atoms with Crippen LogP contribution in [0.25, 0.3) is 26.3 Å². The van der Waals surface area contributed by atoms with Gasteiger partial charge in [-0.3, -0.25) is 10.1 Å². The molecule has 0 radical (unpaired) electrons. The van der Waals surface area contributed by atoms with Gasteiger partial charge in [0.05, 0.1) is 0 Å². The number of fused-ring (bicyclic) bond motifs is 2. The lowest BCUT2D eigenvalue weighted by Gasteiger charge is -2.13. The van der Waals surface area contributed by atoms with Crippen LogP contribution >= 0.6 is 23.6 Å². The fourth-order valence-electron chi connectivity index (χ4n) is 3.59. The third-order valence-electron chi connectivity index (χ3n) is 5.33. The van der Waals surface area contributed by atoms with Crippen molar-refractivity contribution in [2.24, 2.45) is 0 Å². The summed E-state index contributed by atoms with van der Waals surface area (Å²) in [5.41, 5.74) is 3.35.